The summed E-state index contributed by atoms with van der Waals surface area (Å²) in [7, 11) is 0. The van der Waals surface area contributed by atoms with Crippen LogP contribution >= 0.6 is 0 Å². The van der Waals surface area contributed by atoms with Gasteiger partial charge in [-0.2, -0.15) is 0 Å². The van der Waals surface area contributed by atoms with E-state index in [9.17, 15) is 0 Å². The molecule has 5 nitrogen and oxygen atoms in total. The monoisotopic (exact) mass is 471 g/mol. The SMILES string of the molecule is CC(C)O.CC(C)O.CC(C)O.CC[O-].CC[O-].[Cl-].[Cl-].[Cl-].[Ti+4].[Ti]. The van der Waals surface area contributed by atoms with Crippen molar-refractivity contribution >= 4 is 0 Å². The van der Waals surface area contributed by atoms with Crippen molar-refractivity contribution in [2.24, 2.45) is 0 Å². The van der Waals surface area contributed by atoms with E-state index in [-0.39, 0.29) is 112 Å². The Labute approximate surface area is 192 Å². The van der Waals surface area contributed by atoms with Gasteiger partial charge in [-0.3, -0.25) is 0 Å². The molecule has 23 heavy (non-hydrogen) atoms. The fourth-order valence-electron chi connectivity index (χ4n) is 0. The van der Waals surface area contributed by atoms with Gasteiger partial charge < -0.3 is 62.8 Å². The van der Waals surface area contributed by atoms with Crippen molar-refractivity contribution in [3.63, 3.8) is 0 Å². The van der Waals surface area contributed by atoms with Crippen LogP contribution in [-0.4, -0.2) is 46.8 Å². The molecule has 0 bridgehead atoms. The van der Waals surface area contributed by atoms with Gasteiger partial charge in [0.25, 0.3) is 0 Å². The van der Waals surface area contributed by atoms with E-state index in [1.54, 1.807) is 55.4 Å². The van der Waals surface area contributed by atoms with E-state index >= 15 is 0 Å². The normalized spacial score (nSPS) is 6.26. The Morgan fingerprint density at radius 1 is 0.609 bits per heavy atom. The van der Waals surface area contributed by atoms with Crippen molar-refractivity contribution in [3.8, 4) is 0 Å². The number of rotatable bonds is 0. The predicted molar refractivity (Wildman–Crippen MR) is 73.1 cm³/mol. The molecule has 0 aliphatic carbocycles. The van der Waals surface area contributed by atoms with Gasteiger partial charge in [-0.1, -0.05) is 13.8 Å². The van der Waals surface area contributed by atoms with Crippen LogP contribution in [-0.2, 0) is 43.4 Å². The van der Waals surface area contributed by atoms with Crippen molar-refractivity contribution in [2.45, 2.75) is 73.7 Å². The first-order valence-corrected chi connectivity index (χ1v) is 6.23. The van der Waals surface area contributed by atoms with Gasteiger partial charge in [-0.05, 0) is 41.5 Å². The summed E-state index contributed by atoms with van der Waals surface area (Å²) in [5, 5.41) is 42.0. The van der Waals surface area contributed by atoms with E-state index < -0.39 is 0 Å². The first kappa shape index (κ1) is 63.9. The first-order valence-electron chi connectivity index (χ1n) is 6.23. The molecular weight excluding hydrogens is 438 g/mol. The Balaban J connectivity index is -0.0000000109. The summed E-state index contributed by atoms with van der Waals surface area (Å²) in [6.07, 6.45) is -0.500. The molecule has 0 heterocycles. The molecule has 10 heteroatoms. The van der Waals surface area contributed by atoms with Gasteiger partial charge in [0.1, 0.15) is 0 Å². The summed E-state index contributed by atoms with van der Waals surface area (Å²) in [4.78, 5) is 0. The topological polar surface area (TPSA) is 107 Å². The van der Waals surface area contributed by atoms with Crippen molar-refractivity contribution in [2.75, 3.05) is 13.2 Å². The smallest absolute Gasteiger partial charge is 1.00 e. The molecule has 3 N–H and O–H groups in total. The molecule has 0 aromatic heterocycles. The van der Waals surface area contributed by atoms with E-state index in [0.717, 1.165) is 0 Å². The third kappa shape index (κ3) is 2670. The second-order valence-electron chi connectivity index (χ2n) is 3.86. The molecule has 0 saturated heterocycles. The Hall–Kier alpha value is 2.10. The van der Waals surface area contributed by atoms with Crippen LogP contribution in [0.1, 0.15) is 55.4 Å². The zero-order valence-corrected chi connectivity index (χ0v) is 20.8. The Bertz CT molecular complexity index is 83.1. The molecule has 0 aliphatic heterocycles. The Morgan fingerprint density at radius 2 is 0.609 bits per heavy atom. The Morgan fingerprint density at radius 3 is 0.609 bits per heavy atom. The fraction of sp³-hybridized carbons (Fsp3) is 1.00. The molecule has 0 spiro atoms. The molecule has 0 fully saturated rings. The van der Waals surface area contributed by atoms with Crippen LogP contribution in [0.3, 0.4) is 0 Å². The van der Waals surface area contributed by atoms with Crippen molar-refractivity contribution < 1.29 is 106 Å². The van der Waals surface area contributed by atoms with Gasteiger partial charge in [0.2, 0.25) is 0 Å². The molecule has 0 amide bonds. The zero-order valence-electron chi connectivity index (χ0n) is 15.4. The van der Waals surface area contributed by atoms with E-state index in [0.29, 0.717) is 0 Å². The second-order valence-corrected chi connectivity index (χ2v) is 3.86. The van der Waals surface area contributed by atoms with E-state index in [2.05, 4.69) is 0 Å². The van der Waals surface area contributed by atoms with Crippen molar-refractivity contribution in [1.82, 2.24) is 0 Å². The molecular formula is C13H34Cl3O5Ti2-. The minimum absolute atomic E-state index is 0. The quantitative estimate of drug-likeness (QED) is 0.304. The largest absolute Gasteiger partial charge is 4.00 e. The molecule has 146 valence electrons. The molecule has 0 unspecified atom stereocenters. The maximum absolute atomic E-state index is 8.93. The molecule has 0 aromatic rings. The summed E-state index contributed by atoms with van der Waals surface area (Å²) >= 11 is 0. The average Bonchev–Trinajstić information content (AvgIpc) is 2.00. The second kappa shape index (κ2) is 74.9. The third-order valence-electron chi connectivity index (χ3n) is 0. The van der Waals surface area contributed by atoms with Crippen molar-refractivity contribution in [3.05, 3.63) is 0 Å². The number of halogens is 3. The van der Waals surface area contributed by atoms with Crippen LogP contribution in [0.4, 0.5) is 0 Å². The number of hydrogen-bond donors (Lipinski definition) is 3. The van der Waals surface area contributed by atoms with Crippen LogP contribution < -0.4 is 47.4 Å². The molecule has 0 atom stereocenters. The minimum atomic E-state index is -0.167. The zero-order chi connectivity index (χ0) is 16.1. The number of aliphatic hydroxyl groups excluding tert-OH is 3. The minimum Gasteiger partial charge on any atom is -1.00 e. The predicted octanol–water partition coefficient (Wildman–Crippen LogP) is -9.10. The molecule has 0 aliphatic rings. The summed E-state index contributed by atoms with van der Waals surface area (Å²) in [5.41, 5.74) is 0. The fourth-order valence-corrected chi connectivity index (χ4v) is 0. The third-order valence-corrected chi connectivity index (χ3v) is 0. The van der Waals surface area contributed by atoms with E-state index in [1.807, 2.05) is 0 Å². The van der Waals surface area contributed by atoms with Gasteiger partial charge in [-0.15, -0.1) is 13.2 Å². The van der Waals surface area contributed by atoms with E-state index in [1.165, 1.54) is 0 Å². The number of hydrogen-bond acceptors (Lipinski definition) is 5. The van der Waals surface area contributed by atoms with Gasteiger partial charge in [0, 0.05) is 40.0 Å². The van der Waals surface area contributed by atoms with Gasteiger partial charge in [0.15, 0.2) is 0 Å². The van der Waals surface area contributed by atoms with Crippen LogP contribution in [0.5, 0.6) is 0 Å². The van der Waals surface area contributed by atoms with E-state index in [4.69, 9.17) is 25.5 Å². The van der Waals surface area contributed by atoms with Gasteiger partial charge in [-0.25, -0.2) is 0 Å². The molecule has 0 radical (unpaired) electrons. The van der Waals surface area contributed by atoms with Crippen LogP contribution in [0, 0.1) is 0 Å². The molecule has 0 rings (SSSR count). The summed E-state index contributed by atoms with van der Waals surface area (Å²) in [5.74, 6) is 0. The summed E-state index contributed by atoms with van der Waals surface area (Å²) < 4.78 is 0. The van der Waals surface area contributed by atoms with Crippen molar-refractivity contribution in [1.29, 1.82) is 0 Å². The van der Waals surface area contributed by atoms with Gasteiger partial charge >= 0.3 is 21.7 Å². The summed E-state index contributed by atoms with van der Waals surface area (Å²) in [6.45, 7) is 13.5. The maximum Gasteiger partial charge on any atom is 4.00 e. The average molecular weight is 473 g/mol. The molecule has 0 aromatic carbocycles. The number of aliphatic hydroxyl groups is 3. The first-order chi connectivity index (χ1) is 8.02. The Kier molecular flexibility index (Phi) is 208. The summed E-state index contributed by atoms with van der Waals surface area (Å²) in [6, 6.07) is 0. The van der Waals surface area contributed by atoms with Crippen LogP contribution in [0.25, 0.3) is 0 Å². The maximum atomic E-state index is 8.93. The van der Waals surface area contributed by atoms with Crippen LogP contribution in [0.2, 0.25) is 0 Å². The molecule has 0 saturated carbocycles. The van der Waals surface area contributed by atoms with Crippen LogP contribution in [0.15, 0.2) is 0 Å². The standard InChI is InChI=1S/3C3H8O.2C2H5O.3ClH.2Ti/c3*1-3(2)4;2*1-2-3;;;;;/h3*3-4H,1-2H3;2*2H2,1H3;3*1H;;/q;;;2*-1;;;;;+4/p-3. The van der Waals surface area contributed by atoms with Gasteiger partial charge in [0.05, 0.1) is 0 Å².